The highest BCUT2D eigenvalue weighted by Crippen LogP contribution is 2.28. The van der Waals surface area contributed by atoms with Gasteiger partial charge in [-0.2, -0.15) is 0 Å². The van der Waals surface area contributed by atoms with Crippen molar-refractivity contribution in [1.82, 2.24) is 9.80 Å². The van der Waals surface area contributed by atoms with Crippen LogP contribution >= 0.6 is 0 Å². The minimum absolute atomic E-state index is 0.235. The second-order valence-electron chi connectivity index (χ2n) is 7.02. The first-order valence-electron chi connectivity index (χ1n) is 8.06. The van der Waals surface area contributed by atoms with E-state index >= 15 is 0 Å². The Kier molecular flexibility index (Phi) is 6.78. The molecule has 0 amide bonds. The van der Waals surface area contributed by atoms with E-state index in [1.54, 1.807) is 0 Å². The van der Waals surface area contributed by atoms with E-state index in [1.165, 1.54) is 45.3 Å². The van der Waals surface area contributed by atoms with Gasteiger partial charge in [-0.1, -0.05) is 13.8 Å². The van der Waals surface area contributed by atoms with Crippen molar-refractivity contribution in [3.63, 3.8) is 0 Å². The summed E-state index contributed by atoms with van der Waals surface area (Å²) in [6, 6.07) is 0.662. The first-order chi connectivity index (χ1) is 8.91. The normalized spacial score (nSPS) is 26.4. The van der Waals surface area contributed by atoms with Crippen LogP contribution in [0, 0.1) is 5.92 Å². The van der Waals surface area contributed by atoms with Gasteiger partial charge in [0.1, 0.15) is 0 Å². The van der Waals surface area contributed by atoms with Gasteiger partial charge in [0.05, 0.1) is 0 Å². The van der Waals surface area contributed by atoms with E-state index in [9.17, 15) is 0 Å². The molecule has 0 aromatic rings. The Morgan fingerprint density at radius 3 is 2.37 bits per heavy atom. The van der Waals surface area contributed by atoms with Gasteiger partial charge in [-0.25, -0.2) is 0 Å². The highest BCUT2D eigenvalue weighted by atomic mass is 15.2. The first kappa shape index (κ1) is 16.9. The number of nitrogens with two attached hydrogens (primary N) is 1. The van der Waals surface area contributed by atoms with Gasteiger partial charge in [-0.3, -0.25) is 4.90 Å². The SMILES string of the molecule is CC(C)CCN(C)C1(CN)CCCN(C(C)C)CC1. The van der Waals surface area contributed by atoms with Crippen molar-refractivity contribution in [2.75, 3.05) is 33.2 Å². The summed E-state index contributed by atoms with van der Waals surface area (Å²) in [4.78, 5) is 5.16. The lowest BCUT2D eigenvalue weighted by atomic mass is 9.88. The van der Waals surface area contributed by atoms with Crippen LogP contribution in [0.4, 0.5) is 0 Å². The van der Waals surface area contributed by atoms with Gasteiger partial charge in [0.2, 0.25) is 0 Å². The standard InChI is InChI=1S/C16H35N3/c1-14(2)7-11-18(5)16(13-17)8-6-10-19(12-9-16)15(3)4/h14-15H,6-13,17H2,1-5H3. The van der Waals surface area contributed by atoms with Crippen LogP contribution in [0.15, 0.2) is 0 Å². The minimum atomic E-state index is 0.235. The zero-order valence-electron chi connectivity index (χ0n) is 13.8. The molecule has 3 heteroatoms. The molecule has 0 saturated carbocycles. The lowest BCUT2D eigenvalue weighted by Crippen LogP contribution is -2.53. The van der Waals surface area contributed by atoms with Gasteiger partial charge >= 0.3 is 0 Å². The molecular weight excluding hydrogens is 234 g/mol. The average molecular weight is 269 g/mol. The monoisotopic (exact) mass is 269 g/mol. The molecule has 1 saturated heterocycles. The van der Waals surface area contributed by atoms with Crippen molar-refractivity contribution in [3.05, 3.63) is 0 Å². The maximum absolute atomic E-state index is 6.18. The van der Waals surface area contributed by atoms with Gasteiger partial charge in [-0.15, -0.1) is 0 Å². The Morgan fingerprint density at radius 2 is 1.84 bits per heavy atom. The summed E-state index contributed by atoms with van der Waals surface area (Å²) in [6.45, 7) is 13.6. The molecule has 1 rings (SSSR count). The van der Waals surface area contributed by atoms with Crippen LogP contribution in [-0.4, -0.2) is 54.6 Å². The van der Waals surface area contributed by atoms with Gasteiger partial charge in [0, 0.05) is 24.7 Å². The third-order valence-electron chi connectivity index (χ3n) is 4.91. The summed E-state index contributed by atoms with van der Waals surface area (Å²) in [5.41, 5.74) is 6.41. The molecule has 0 radical (unpaired) electrons. The summed E-state index contributed by atoms with van der Waals surface area (Å²) < 4.78 is 0. The molecule has 0 aromatic heterocycles. The molecule has 0 aliphatic carbocycles. The second-order valence-corrected chi connectivity index (χ2v) is 7.02. The van der Waals surface area contributed by atoms with Crippen LogP contribution in [-0.2, 0) is 0 Å². The molecule has 19 heavy (non-hydrogen) atoms. The second kappa shape index (κ2) is 7.61. The smallest absolute Gasteiger partial charge is 0.0341 e. The first-order valence-corrected chi connectivity index (χ1v) is 8.06. The Labute approximate surface area is 120 Å². The zero-order valence-corrected chi connectivity index (χ0v) is 13.8. The third kappa shape index (κ3) is 4.73. The van der Waals surface area contributed by atoms with E-state index in [-0.39, 0.29) is 5.54 Å². The lowest BCUT2D eigenvalue weighted by molar-refractivity contribution is 0.0995. The van der Waals surface area contributed by atoms with Gasteiger partial charge in [0.15, 0.2) is 0 Å². The van der Waals surface area contributed by atoms with Crippen molar-refractivity contribution >= 4 is 0 Å². The predicted molar refractivity (Wildman–Crippen MR) is 84.4 cm³/mol. The van der Waals surface area contributed by atoms with Crippen LogP contribution < -0.4 is 5.73 Å². The molecular formula is C16H35N3. The minimum Gasteiger partial charge on any atom is -0.329 e. The molecule has 2 N–H and O–H groups in total. The van der Waals surface area contributed by atoms with Crippen LogP contribution in [0.25, 0.3) is 0 Å². The van der Waals surface area contributed by atoms with Gasteiger partial charge in [-0.05, 0) is 65.6 Å². The highest BCUT2D eigenvalue weighted by Gasteiger charge is 2.35. The molecule has 114 valence electrons. The molecule has 1 aliphatic heterocycles. The summed E-state index contributed by atoms with van der Waals surface area (Å²) in [5.74, 6) is 0.773. The molecule has 1 unspecified atom stereocenters. The highest BCUT2D eigenvalue weighted by molar-refractivity contribution is 4.93. The molecule has 1 fully saturated rings. The number of likely N-dealkylation sites (tertiary alicyclic amines) is 1. The van der Waals surface area contributed by atoms with E-state index in [1.807, 2.05) is 0 Å². The molecule has 0 spiro atoms. The largest absolute Gasteiger partial charge is 0.329 e. The number of rotatable bonds is 6. The summed E-state index contributed by atoms with van der Waals surface area (Å²) in [5, 5.41) is 0. The van der Waals surface area contributed by atoms with Crippen molar-refractivity contribution in [1.29, 1.82) is 0 Å². The van der Waals surface area contributed by atoms with Gasteiger partial charge in [0.25, 0.3) is 0 Å². The van der Waals surface area contributed by atoms with Crippen molar-refractivity contribution in [2.24, 2.45) is 11.7 Å². The number of hydrogen-bond acceptors (Lipinski definition) is 3. The number of hydrogen-bond donors (Lipinski definition) is 1. The van der Waals surface area contributed by atoms with Crippen molar-refractivity contribution < 1.29 is 0 Å². The topological polar surface area (TPSA) is 32.5 Å². The van der Waals surface area contributed by atoms with Crippen LogP contribution in [0.2, 0.25) is 0 Å². The fraction of sp³-hybridized carbons (Fsp3) is 1.00. The lowest BCUT2D eigenvalue weighted by Gasteiger charge is -2.41. The van der Waals surface area contributed by atoms with Crippen LogP contribution in [0.3, 0.4) is 0 Å². The predicted octanol–water partition coefficient (Wildman–Crippen LogP) is 2.56. The number of nitrogens with zero attached hydrogens (tertiary/aromatic N) is 2. The Morgan fingerprint density at radius 1 is 1.16 bits per heavy atom. The fourth-order valence-corrected chi connectivity index (χ4v) is 3.15. The maximum atomic E-state index is 6.18. The van der Waals surface area contributed by atoms with Crippen molar-refractivity contribution in [3.8, 4) is 0 Å². The van der Waals surface area contributed by atoms with Crippen LogP contribution in [0.5, 0.6) is 0 Å². The Balaban J connectivity index is 2.63. The summed E-state index contributed by atoms with van der Waals surface area (Å²) >= 11 is 0. The molecule has 1 heterocycles. The van der Waals surface area contributed by atoms with E-state index < -0.39 is 0 Å². The summed E-state index contributed by atoms with van der Waals surface area (Å²) in [6.07, 6.45) is 5.02. The maximum Gasteiger partial charge on any atom is 0.0341 e. The fourth-order valence-electron chi connectivity index (χ4n) is 3.15. The van der Waals surface area contributed by atoms with E-state index in [2.05, 4.69) is 44.5 Å². The molecule has 0 bridgehead atoms. The Hall–Kier alpha value is -0.120. The number of likely N-dealkylation sites (N-methyl/N-ethyl adjacent to an activating group) is 1. The van der Waals surface area contributed by atoms with Crippen molar-refractivity contribution in [2.45, 2.75) is 65.0 Å². The zero-order chi connectivity index (χ0) is 14.5. The van der Waals surface area contributed by atoms with Crippen LogP contribution in [0.1, 0.15) is 53.4 Å². The Bertz CT molecular complexity index is 252. The quantitative estimate of drug-likeness (QED) is 0.804. The van der Waals surface area contributed by atoms with E-state index in [4.69, 9.17) is 5.73 Å². The third-order valence-corrected chi connectivity index (χ3v) is 4.91. The van der Waals surface area contributed by atoms with E-state index in [0.717, 1.165) is 12.5 Å². The summed E-state index contributed by atoms with van der Waals surface area (Å²) in [7, 11) is 2.28. The van der Waals surface area contributed by atoms with E-state index in [0.29, 0.717) is 6.04 Å². The molecule has 3 nitrogen and oxygen atoms in total. The average Bonchev–Trinajstić information content (AvgIpc) is 2.59. The molecule has 1 atom stereocenters. The molecule has 1 aliphatic rings. The van der Waals surface area contributed by atoms with Gasteiger partial charge < -0.3 is 10.6 Å². The molecule has 0 aromatic carbocycles.